The number of piperazine rings is 1. The Labute approximate surface area is 81.9 Å². The first-order chi connectivity index (χ1) is 6.19. The van der Waals surface area contributed by atoms with Crippen molar-refractivity contribution in [2.45, 2.75) is 32.4 Å². The topological polar surface area (TPSA) is 32.5 Å². The van der Waals surface area contributed by atoms with E-state index >= 15 is 0 Å². The average Bonchev–Trinajstić information content (AvgIpc) is 2.13. The molecule has 0 amide bonds. The Kier molecular flexibility index (Phi) is 4.16. The van der Waals surface area contributed by atoms with Crippen molar-refractivity contribution in [3.63, 3.8) is 0 Å². The molecule has 0 aromatic rings. The quantitative estimate of drug-likeness (QED) is 0.689. The van der Waals surface area contributed by atoms with Gasteiger partial charge in [0.05, 0.1) is 0 Å². The molecule has 0 saturated carbocycles. The van der Waals surface area contributed by atoms with E-state index in [0.29, 0.717) is 12.1 Å². The molecule has 3 heteroatoms. The van der Waals surface area contributed by atoms with Gasteiger partial charge in [0.1, 0.15) is 0 Å². The Bertz CT molecular complexity index is 145. The third-order valence-electron chi connectivity index (χ3n) is 3.25. The van der Waals surface area contributed by atoms with E-state index in [2.05, 4.69) is 30.7 Å². The second-order valence-electron chi connectivity index (χ2n) is 4.12. The molecule has 2 atom stereocenters. The van der Waals surface area contributed by atoms with E-state index in [4.69, 9.17) is 5.73 Å². The zero-order chi connectivity index (χ0) is 9.84. The van der Waals surface area contributed by atoms with Crippen molar-refractivity contribution in [2.75, 3.05) is 33.2 Å². The first-order valence-electron chi connectivity index (χ1n) is 5.33. The Hall–Kier alpha value is -0.120. The average molecular weight is 185 g/mol. The van der Waals surface area contributed by atoms with Crippen molar-refractivity contribution < 1.29 is 0 Å². The fourth-order valence-electron chi connectivity index (χ4n) is 1.98. The first kappa shape index (κ1) is 11.0. The molecule has 2 N–H and O–H groups in total. The lowest BCUT2D eigenvalue weighted by Crippen LogP contribution is -2.54. The summed E-state index contributed by atoms with van der Waals surface area (Å²) in [5.41, 5.74) is 5.74. The van der Waals surface area contributed by atoms with E-state index in [0.717, 1.165) is 6.54 Å². The molecular formula is C10H23N3. The maximum atomic E-state index is 5.74. The van der Waals surface area contributed by atoms with Crippen LogP contribution in [0.3, 0.4) is 0 Å². The molecule has 1 heterocycles. The van der Waals surface area contributed by atoms with Crippen LogP contribution < -0.4 is 5.73 Å². The molecule has 2 unspecified atom stereocenters. The molecule has 78 valence electrons. The molecule has 0 aromatic heterocycles. The van der Waals surface area contributed by atoms with Gasteiger partial charge < -0.3 is 10.6 Å². The van der Waals surface area contributed by atoms with Crippen LogP contribution in [0.15, 0.2) is 0 Å². The molecule has 0 aliphatic carbocycles. The number of nitrogens with two attached hydrogens (primary N) is 1. The standard InChI is InChI=1S/C10H23N3/c1-4-10(7-11)13-6-5-12(3)9(2)8-13/h9-10H,4-8,11H2,1-3H3. The summed E-state index contributed by atoms with van der Waals surface area (Å²) in [6, 6.07) is 1.27. The van der Waals surface area contributed by atoms with Crippen LogP contribution in [0.4, 0.5) is 0 Å². The maximum Gasteiger partial charge on any atom is 0.0216 e. The maximum absolute atomic E-state index is 5.74. The van der Waals surface area contributed by atoms with Crippen molar-refractivity contribution in [1.82, 2.24) is 9.80 Å². The van der Waals surface area contributed by atoms with Gasteiger partial charge in [-0.15, -0.1) is 0 Å². The van der Waals surface area contributed by atoms with E-state index in [1.54, 1.807) is 0 Å². The molecular weight excluding hydrogens is 162 g/mol. The van der Waals surface area contributed by atoms with Crippen LogP contribution >= 0.6 is 0 Å². The van der Waals surface area contributed by atoms with Gasteiger partial charge in [-0.25, -0.2) is 0 Å². The minimum atomic E-state index is 0.594. The molecule has 1 aliphatic heterocycles. The molecule has 0 spiro atoms. The summed E-state index contributed by atoms with van der Waals surface area (Å²) in [5.74, 6) is 0. The highest BCUT2D eigenvalue weighted by atomic mass is 15.3. The van der Waals surface area contributed by atoms with Gasteiger partial charge in [-0.3, -0.25) is 4.90 Å². The first-order valence-corrected chi connectivity index (χ1v) is 5.33. The monoisotopic (exact) mass is 185 g/mol. The van der Waals surface area contributed by atoms with Crippen LogP contribution in [-0.4, -0.2) is 55.1 Å². The van der Waals surface area contributed by atoms with E-state index in [9.17, 15) is 0 Å². The van der Waals surface area contributed by atoms with Crippen molar-refractivity contribution >= 4 is 0 Å². The summed E-state index contributed by atoms with van der Waals surface area (Å²) >= 11 is 0. The lowest BCUT2D eigenvalue weighted by atomic mass is 10.1. The smallest absolute Gasteiger partial charge is 0.0216 e. The zero-order valence-electron chi connectivity index (χ0n) is 9.16. The summed E-state index contributed by atoms with van der Waals surface area (Å²) < 4.78 is 0. The molecule has 0 bridgehead atoms. The Balaban J connectivity index is 2.44. The van der Waals surface area contributed by atoms with Crippen molar-refractivity contribution in [1.29, 1.82) is 0 Å². The summed E-state index contributed by atoms with van der Waals surface area (Å²) in [5, 5.41) is 0. The summed E-state index contributed by atoms with van der Waals surface area (Å²) in [6.45, 7) is 8.84. The predicted molar refractivity (Wildman–Crippen MR) is 56.8 cm³/mol. The van der Waals surface area contributed by atoms with Crippen LogP contribution in [0.1, 0.15) is 20.3 Å². The van der Waals surface area contributed by atoms with Gasteiger partial charge >= 0.3 is 0 Å². The predicted octanol–water partition coefficient (Wildman–Crippen LogP) is 0.360. The van der Waals surface area contributed by atoms with Gasteiger partial charge in [-0.05, 0) is 20.4 Å². The normalized spacial score (nSPS) is 29.1. The molecule has 1 fully saturated rings. The zero-order valence-corrected chi connectivity index (χ0v) is 9.16. The Morgan fingerprint density at radius 1 is 1.46 bits per heavy atom. The van der Waals surface area contributed by atoms with Crippen molar-refractivity contribution in [3.05, 3.63) is 0 Å². The van der Waals surface area contributed by atoms with Crippen molar-refractivity contribution in [3.8, 4) is 0 Å². The molecule has 0 aromatic carbocycles. The van der Waals surface area contributed by atoms with E-state index in [1.165, 1.54) is 26.1 Å². The van der Waals surface area contributed by atoms with Crippen LogP contribution in [0, 0.1) is 0 Å². The van der Waals surface area contributed by atoms with Gasteiger partial charge in [0.2, 0.25) is 0 Å². The van der Waals surface area contributed by atoms with Crippen LogP contribution in [0.2, 0.25) is 0 Å². The van der Waals surface area contributed by atoms with E-state index in [1.807, 2.05) is 0 Å². The third-order valence-corrected chi connectivity index (χ3v) is 3.25. The number of rotatable bonds is 3. The Morgan fingerprint density at radius 2 is 2.15 bits per heavy atom. The molecule has 3 nitrogen and oxygen atoms in total. The van der Waals surface area contributed by atoms with Crippen LogP contribution in [0.5, 0.6) is 0 Å². The second kappa shape index (κ2) is 4.94. The van der Waals surface area contributed by atoms with E-state index < -0.39 is 0 Å². The van der Waals surface area contributed by atoms with Gasteiger partial charge in [-0.1, -0.05) is 6.92 Å². The number of hydrogen-bond acceptors (Lipinski definition) is 3. The minimum Gasteiger partial charge on any atom is -0.329 e. The lowest BCUT2D eigenvalue weighted by Gasteiger charge is -2.41. The minimum absolute atomic E-state index is 0.594. The van der Waals surface area contributed by atoms with Crippen LogP contribution in [-0.2, 0) is 0 Å². The molecule has 0 radical (unpaired) electrons. The van der Waals surface area contributed by atoms with Gasteiger partial charge in [-0.2, -0.15) is 0 Å². The molecule has 13 heavy (non-hydrogen) atoms. The van der Waals surface area contributed by atoms with Gasteiger partial charge in [0, 0.05) is 38.3 Å². The largest absolute Gasteiger partial charge is 0.329 e. The molecule has 1 saturated heterocycles. The SMILES string of the molecule is CCC(CN)N1CCN(C)C(C)C1. The van der Waals surface area contributed by atoms with Crippen molar-refractivity contribution in [2.24, 2.45) is 5.73 Å². The fourth-order valence-corrected chi connectivity index (χ4v) is 1.98. The fraction of sp³-hybridized carbons (Fsp3) is 1.00. The van der Waals surface area contributed by atoms with Crippen LogP contribution in [0.25, 0.3) is 0 Å². The van der Waals surface area contributed by atoms with E-state index in [-0.39, 0.29) is 0 Å². The molecule has 1 aliphatic rings. The summed E-state index contributed by atoms with van der Waals surface area (Å²) in [6.07, 6.45) is 1.17. The highest BCUT2D eigenvalue weighted by Gasteiger charge is 2.24. The second-order valence-corrected chi connectivity index (χ2v) is 4.12. The number of nitrogens with zero attached hydrogens (tertiary/aromatic N) is 2. The summed E-state index contributed by atoms with van der Waals surface area (Å²) in [7, 11) is 2.20. The Morgan fingerprint density at radius 3 is 2.62 bits per heavy atom. The molecule has 1 rings (SSSR count). The summed E-state index contributed by atoms with van der Waals surface area (Å²) in [4.78, 5) is 4.95. The van der Waals surface area contributed by atoms with Gasteiger partial charge in [0.15, 0.2) is 0 Å². The highest BCUT2D eigenvalue weighted by Crippen LogP contribution is 2.11. The number of hydrogen-bond donors (Lipinski definition) is 1. The highest BCUT2D eigenvalue weighted by molar-refractivity contribution is 4.81. The van der Waals surface area contributed by atoms with Gasteiger partial charge in [0.25, 0.3) is 0 Å². The lowest BCUT2D eigenvalue weighted by molar-refractivity contribution is 0.0730. The third kappa shape index (κ3) is 2.66. The number of likely N-dealkylation sites (N-methyl/N-ethyl adjacent to an activating group) is 1.